The first kappa shape index (κ1) is 13.4. The molecule has 0 spiro atoms. The summed E-state index contributed by atoms with van der Waals surface area (Å²) in [6.45, 7) is 6.12. The van der Waals surface area contributed by atoms with Gasteiger partial charge in [0.15, 0.2) is 0 Å². The van der Waals surface area contributed by atoms with E-state index in [-0.39, 0.29) is 0 Å². The van der Waals surface area contributed by atoms with Gasteiger partial charge in [-0.25, -0.2) is 0 Å². The van der Waals surface area contributed by atoms with E-state index in [0.717, 1.165) is 30.1 Å². The Morgan fingerprint density at radius 1 is 1.39 bits per heavy atom. The van der Waals surface area contributed by atoms with Gasteiger partial charge in [0.05, 0.1) is 13.2 Å². The van der Waals surface area contributed by atoms with Crippen molar-refractivity contribution in [2.75, 3.05) is 6.61 Å². The quantitative estimate of drug-likeness (QED) is 0.815. The summed E-state index contributed by atoms with van der Waals surface area (Å²) in [4.78, 5) is 0. The molecule has 100 valence electrons. The molecule has 1 aromatic heterocycles. The number of hydrogen-bond acceptors (Lipinski definition) is 3. The third-order valence-electron chi connectivity index (χ3n) is 3.75. The molecule has 0 aromatic carbocycles. The first-order valence-corrected chi connectivity index (χ1v) is 6.71. The lowest BCUT2D eigenvalue weighted by Crippen LogP contribution is -2.19. The zero-order valence-corrected chi connectivity index (χ0v) is 11.3. The number of allylic oxidation sites excluding steroid dienone is 2. The topological polar surface area (TPSA) is 48.4 Å². The third-order valence-corrected chi connectivity index (χ3v) is 3.75. The van der Waals surface area contributed by atoms with E-state index in [2.05, 4.69) is 19.1 Å². The summed E-state index contributed by atoms with van der Waals surface area (Å²) < 4.78 is 11.4. The Kier molecular flexibility index (Phi) is 4.61. The predicted octanol–water partition coefficient (Wildman–Crippen LogP) is 3.17. The lowest BCUT2D eigenvalue weighted by Gasteiger charge is -2.24. The predicted molar refractivity (Wildman–Crippen MR) is 72.0 cm³/mol. The number of rotatable bonds is 5. The minimum absolute atomic E-state index is 0.455. The SMILES string of the molecule is Cc1cc(COCC2CC=CCC2C)oc1CN. The Labute approximate surface area is 109 Å². The Morgan fingerprint density at radius 3 is 2.83 bits per heavy atom. The monoisotopic (exact) mass is 249 g/mol. The van der Waals surface area contributed by atoms with Crippen LogP contribution in [0.25, 0.3) is 0 Å². The molecule has 0 saturated heterocycles. The first-order valence-electron chi connectivity index (χ1n) is 6.71. The summed E-state index contributed by atoms with van der Waals surface area (Å²) in [5, 5.41) is 0. The molecule has 3 nitrogen and oxygen atoms in total. The maximum atomic E-state index is 5.77. The van der Waals surface area contributed by atoms with Gasteiger partial charge in [-0.1, -0.05) is 19.1 Å². The number of nitrogens with two attached hydrogens (primary N) is 1. The molecule has 1 aliphatic rings. The maximum absolute atomic E-state index is 5.77. The van der Waals surface area contributed by atoms with Crippen LogP contribution in [0.5, 0.6) is 0 Å². The van der Waals surface area contributed by atoms with Crippen LogP contribution in [-0.2, 0) is 17.9 Å². The number of aryl methyl sites for hydroxylation is 1. The van der Waals surface area contributed by atoms with E-state index >= 15 is 0 Å². The van der Waals surface area contributed by atoms with Crippen LogP contribution in [0, 0.1) is 18.8 Å². The summed E-state index contributed by atoms with van der Waals surface area (Å²) in [6.07, 6.45) is 6.83. The van der Waals surface area contributed by atoms with Crippen molar-refractivity contribution in [3.8, 4) is 0 Å². The Bertz CT molecular complexity index is 409. The van der Waals surface area contributed by atoms with Crippen molar-refractivity contribution in [3.05, 3.63) is 35.3 Å². The molecule has 3 heteroatoms. The molecule has 1 aliphatic carbocycles. The van der Waals surface area contributed by atoms with Crippen molar-refractivity contribution in [3.63, 3.8) is 0 Å². The highest BCUT2D eigenvalue weighted by Crippen LogP contribution is 2.25. The molecule has 2 unspecified atom stereocenters. The summed E-state index contributed by atoms with van der Waals surface area (Å²) in [7, 11) is 0. The average Bonchev–Trinajstić information content (AvgIpc) is 2.72. The van der Waals surface area contributed by atoms with Crippen LogP contribution in [-0.4, -0.2) is 6.61 Å². The molecular weight excluding hydrogens is 226 g/mol. The number of furan rings is 1. The molecular formula is C15H23NO2. The molecule has 0 bridgehead atoms. The maximum Gasteiger partial charge on any atom is 0.130 e. The van der Waals surface area contributed by atoms with Crippen LogP contribution < -0.4 is 5.73 Å². The third kappa shape index (κ3) is 3.24. The van der Waals surface area contributed by atoms with Gasteiger partial charge in [0, 0.05) is 0 Å². The van der Waals surface area contributed by atoms with E-state index in [1.807, 2.05) is 13.0 Å². The lowest BCUT2D eigenvalue weighted by atomic mass is 9.85. The molecule has 0 radical (unpaired) electrons. The zero-order chi connectivity index (χ0) is 13.0. The minimum atomic E-state index is 0.455. The highest BCUT2D eigenvalue weighted by molar-refractivity contribution is 5.19. The summed E-state index contributed by atoms with van der Waals surface area (Å²) in [6, 6.07) is 2.02. The second kappa shape index (κ2) is 6.21. The minimum Gasteiger partial charge on any atom is -0.462 e. The molecule has 0 saturated carbocycles. The molecule has 0 fully saturated rings. The van der Waals surface area contributed by atoms with E-state index in [9.17, 15) is 0 Å². The largest absolute Gasteiger partial charge is 0.462 e. The van der Waals surface area contributed by atoms with E-state index < -0.39 is 0 Å². The van der Waals surface area contributed by atoms with Crippen molar-refractivity contribution < 1.29 is 9.15 Å². The summed E-state index contributed by atoms with van der Waals surface area (Å²) >= 11 is 0. The van der Waals surface area contributed by atoms with Crippen molar-refractivity contribution in [2.45, 2.75) is 39.8 Å². The van der Waals surface area contributed by atoms with Gasteiger partial charge >= 0.3 is 0 Å². The Balaban J connectivity index is 1.79. The van der Waals surface area contributed by atoms with Crippen LogP contribution in [0.1, 0.15) is 36.8 Å². The van der Waals surface area contributed by atoms with Crippen LogP contribution in [0.4, 0.5) is 0 Å². The fraction of sp³-hybridized carbons (Fsp3) is 0.600. The Morgan fingerprint density at radius 2 is 2.17 bits per heavy atom. The molecule has 1 aromatic rings. The molecule has 0 aliphatic heterocycles. The standard InChI is InChI=1S/C15H23NO2/c1-11-5-3-4-6-13(11)9-17-10-14-7-12(2)15(8-16)18-14/h3-4,7,11,13H,5-6,8-10,16H2,1-2H3. The van der Waals surface area contributed by atoms with E-state index in [4.69, 9.17) is 14.9 Å². The molecule has 1 heterocycles. The van der Waals surface area contributed by atoms with Gasteiger partial charge in [0.25, 0.3) is 0 Å². The van der Waals surface area contributed by atoms with E-state index in [1.54, 1.807) is 0 Å². The second-order valence-electron chi connectivity index (χ2n) is 5.22. The van der Waals surface area contributed by atoms with Crippen LogP contribution in [0.2, 0.25) is 0 Å². The second-order valence-corrected chi connectivity index (χ2v) is 5.22. The summed E-state index contributed by atoms with van der Waals surface area (Å²) in [5.41, 5.74) is 6.70. The fourth-order valence-electron chi connectivity index (χ4n) is 2.41. The van der Waals surface area contributed by atoms with Gasteiger partial charge in [0.2, 0.25) is 0 Å². The van der Waals surface area contributed by atoms with Gasteiger partial charge < -0.3 is 14.9 Å². The lowest BCUT2D eigenvalue weighted by molar-refractivity contribution is 0.0578. The smallest absolute Gasteiger partial charge is 0.130 e. The molecule has 2 atom stereocenters. The fourth-order valence-corrected chi connectivity index (χ4v) is 2.41. The van der Waals surface area contributed by atoms with Gasteiger partial charge in [-0.15, -0.1) is 0 Å². The molecule has 18 heavy (non-hydrogen) atoms. The highest BCUT2D eigenvalue weighted by Gasteiger charge is 2.18. The molecule has 2 N–H and O–H groups in total. The van der Waals surface area contributed by atoms with Crippen molar-refractivity contribution in [2.24, 2.45) is 17.6 Å². The van der Waals surface area contributed by atoms with Crippen molar-refractivity contribution >= 4 is 0 Å². The van der Waals surface area contributed by atoms with Gasteiger partial charge in [-0.2, -0.15) is 0 Å². The van der Waals surface area contributed by atoms with Gasteiger partial charge in [-0.3, -0.25) is 0 Å². The van der Waals surface area contributed by atoms with Crippen LogP contribution >= 0.6 is 0 Å². The summed E-state index contributed by atoms with van der Waals surface area (Å²) in [5.74, 6) is 3.10. The molecule has 0 amide bonds. The van der Waals surface area contributed by atoms with Crippen LogP contribution in [0.3, 0.4) is 0 Å². The van der Waals surface area contributed by atoms with Crippen molar-refractivity contribution in [1.29, 1.82) is 0 Å². The number of ether oxygens (including phenoxy) is 1. The van der Waals surface area contributed by atoms with E-state index in [0.29, 0.717) is 25.0 Å². The Hall–Kier alpha value is -1.06. The van der Waals surface area contributed by atoms with Crippen LogP contribution in [0.15, 0.2) is 22.6 Å². The highest BCUT2D eigenvalue weighted by atomic mass is 16.5. The van der Waals surface area contributed by atoms with E-state index in [1.165, 1.54) is 6.42 Å². The zero-order valence-electron chi connectivity index (χ0n) is 11.3. The average molecular weight is 249 g/mol. The first-order chi connectivity index (χ1) is 8.70. The number of hydrogen-bond donors (Lipinski definition) is 1. The molecule has 2 rings (SSSR count). The van der Waals surface area contributed by atoms with Crippen molar-refractivity contribution in [1.82, 2.24) is 0 Å². The normalized spacial score (nSPS) is 23.5. The van der Waals surface area contributed by atoms with Gasteiger partial charge in [0.1, 0.15) is 18.1 Å². The van der Waals surface area contributed by atoms with Gasteiger partial charge in [-0.05, 0) is 43.2 Å².